The Bertz CT molecular complexity index is 403. The largest absolute Gasteiger partial charge is 0.457 e. The minimum absolute atomic E-state index is 0.811. The molecule has 0 saturated heterocycles. The van der Waals surface area contributed by atoms with E-state index in [1.165, 1.54) is 5.56 Å². The first-order chi connectivity index (χ1) is 7.38. The highest BCUT2D eigenvalue weighted by atomic mass is 16.5. The molecule has 0 aliphatic carbocycles. The third-order valence-electron chi connectivity index (χ3n) is 2.19. The van der Waals surface area contributed by atoms with E-state index in [2.05, 4.69) is 6.92 Å². The lowest BCUT2D eigenvalue weighted by atomic mass is 10.2. The Kier molecular flexibility index (Phi) is 3.03. The molecule has 0 amide bonds. The van der Waals surface area contributed by atoms with Gasteiger partial charge in [0.1, 0.15) is 11.5 Å². The number of hydrogen-bond acceptors (Lipinski definition) is 1. The van der Waals surface area contributed by atoms with Crippen LogP contribution in [0.2, 0.25) is 0 Å². The van der Waals surface area contributed by atoms with Crippen LogP contribution in [0, 0.1) is 6.92 Å². The molecule has 0 aliphatic heterocycles. The molecule has 0 bridgehead atoms. The van der Waals surface area contributed by atoms with E-state index in [0.29, 0.717) is 0 Å². The van der Waals surface area contributed by atoms with Gasteiger partial charge in [0.25, 0.3) is 0 Å². The highest BCUT2D eigenvalue weighted by Gasteiger charge is 1.95. The second-order valence-electron chi connectivity index (χ2n) is 3.31. The van der Waals surface area contributed by atoms with Gasteiger partial charge >= 0.3 is 0 Å². The normalized spacial score (nSPS) is 9.93. The van der Waals surface area contributed by atoms with Crippen LogP contribution in [0.25, 0.3) is 0 Å². The van der Waals surface area contributed by atoms with Crippen LogP contribution in [0.3, 0.4) is 0 Å². The van der Waals surface area contributed by atoms with Crippen LogP contribution in [0.5, 0.6) is 11.5 Å². The highest BCUT2D eigenvalue weighted by Crippen LogP contribution is 2.20. The van der Waals surface area contributed by atoms with E-state index in [4.69, 9.17) is 4.74 Å². The van der Waals surface area contributed by atoms with E-state index >= 15 is 0 Å². The molecule has 0 heterocycles. The lowest BCUT2D eigenvalue weighted by molar-refractivity contribution is 0.482. The summed E-state index contributed by atoms with van der Waals surface area (Å²) in [5.41, 5.74) is 1.22. The number of rotatable bonds is 3. The van der Waals surface area contributed by atoms with Crippen LogP contribution in [0.4, 0.5) is 0 Å². The molecule has 1 nitrogen and oxygen atoms in total. The summed E-state index contributed by atoms with van der Waals surface area (Å²) in [6.07, 6.45) is 0.811. The van der Waals surface area contributed by atoms with Gasteiger partial charge in [-0.15, -0.1) is 0 Å². The number of benzene rings is 2. The third kappa shape index (κ3) is 2.59. The second-order valence-corrected chi connectivity index (χ2v) is 3.31. The van der Waals surface area contributed by atoms with Crippen molar-refractivity contribution in [2.45, 2.75) is 6.42 Å². The smallest absolute Gasteiger partial charge is 0.127 e. The second kappa shape index (κ2) is 4.65. The SMILES string of the molecule is [CH2]Cc1ccc(Oc2ccccc2)cc1. The van der Waals surface area contributed by atoms with E-state index in [9.17, 15) is 0 Å². The van der Waals surface area contributed by atoms with E-state index < -0.39 is 0 Å². The van der Waals surface area contributed by atoms with Crippen molar-refractivity contribution in [3.05, 3.63) is 67.1 Å². The summed E-state index contributed by atoms with van der Waals surface area (Å²) in [4.78, 5) is 0. The van der Waals surface area contributed by atoms with E-state index in [1.54, 1.807) is 0 Å². The minimum Gasteiger partial charge on any atom is -0.457 e. The first kappa shape index (κ1) is 9.78. The Hall–Kier alpha value is -1.76. The Labute approximate surface area is 90.3 Å². The molecule has 0 aromatic heterocycles. The van der Waals surface area contributed by atoms with Crippen LogP contribution < -0.4 is 4.74 Å². The van der Waals surface area contributed by atoms with Crippen molar-refractivity contribution in [1.29, 1.82) is 0 Å². The molecule has 2 rings (SSSR count). The van der Waals surface area contributed by atoms with Gasteiger partial charge in [0.05, 0.1) is 0 Å². The number of para-hydroxylation sites is 1. The molecule has 0 N–H and O–H groups in total. The topological polar surface area (TPSA) is 9.23 Å². The van der Waals surface area contributed by atoms with Crippen molar-refractivity contribution in [1.82, 2.24) is 0 Å². The maximum Gasteiger partial charge on any atom is 0.127 e. The molecule has 75 valence electrons. The van der Waals surface area contributed by atoms with Gasteiger partial charge in [0, 0.05) is 0 Å². The first-order valence-electron chi connectivity index (χ1n) is 4.99. The molecule has 15 heavy (non-hydrogen) atoms. The molecule has 0 unspecified atom stereocenters. The summed E-state index contributed by atoms with van der Waals surface area (Å²) in [7, 11) is 0. The summed E-state index contributed by atoms with van der Waals surface area (Å²) >= 11 is 0. The molecule has 0 spiro atoms. The summed E-state index contributed by atoms with van der Waals surface area (Å²) in [5.74, 6) is 1.72. The number of ether oxygens (including phenoxy) is 1. The highest BCUT2D eigenvalue weighted by molar-refractivity contribution is 5.33. The summed E-state index contributed by atoms with van der Waals surface area (Å²) in [5, 5.41) is 0. The van der Waals surface area contributed by atoms with Crippen molar-refractivity contribution < 1.29 is 4.74 Å². The predicted octanol–water partition coefficient (Wildman–Crippen LogP) is 3.86. The molecule has 1 heteroatoms. The van der Waals surface area contributed by atoms with Gasteiger partial charge in [-0.25, -0.2) is 0 Å². The van der Waals surface area contributed by atoms with E-state index in [1.807, 2.05) is 54.6 Å². The van der Waals surface area contributed by atoms with E-state index in [-0.39, 0.29) is 0 Å². The quantitative estimate of drug-likeness (QED) is 0.726. The summed E-state index contributed by atoms with van der Waals surface area (Å²) in [6, 6.07) is 17.8. The minimum atomic E-state index is 0.811. The third-order valence-corrected chi connectivity index (χ3v) is 2.19. The molecular formula is C14H13O. The maximum absolute atomic E-state index is 5.66. The fraction of sp³-hybridized carbons (Fsp3) is 0.0714. The average Bonchev–Trinajstić information content (AvgIpc) is 2.31. The predicted molar refractivity (Wildman–Crippen MR) is 62.0 cm³/mol. The van der Waals surface area contributed by atoms with Crippen LogP contribution in [0.1, 0.15) is 5.56 Å². The fourth-order valence-corrected chi connectivity index (χ4v) is 1.35. The first-order valence-corrected chi connectivity index (χ1v) is 4.99. The van der Waals surface area contributed by atoms with Crippen molar-refractivity contribution in [2.24, 2.45) is 0 Å². The van der Waals surface area contributed by atoms with Gasteiger partial charge in [-0.2, -0.15) is 0 Å². The van der Waals surface area contributed by atoms with Crippen molar-refractivity contribution in [3.8, 4) is 11.5 Å². The van der Waals surface area contributed by atoms with E-state index in [0.717, 1.165) is 17.9 Å². The van der Waals surface area contributed by atoms with Crippen LogP contribution in [-0.4, -0.2) is 0 Å². The zero-order valence-electron chi connectivity index (χ0n) is 8.52. The Morgan fingerprint density at radius 3 is 2.00 bits per heavy atom. The molecule has 2 aromatic carbocycles. The van der Waals surface area contributed by atoms with Crippen molar-refractivity contribution >= 4 is 0 Å². The van der Waals surface area contributed by atoms with Gasteiger partial charge in [-0.1, -0.05) is 30.3 Å². The molecule has 0 saturated carbocycles. The van der Waals surface area contributed by atoms with Crippen molar-refractivity contribution in [2.75, 3.05) is 0 Å². The molecular weight excluding hydrogens is 184 g/mol. The summed E-state index contributed by atoms with van der Waals surface area (Å²) in [6.45, 7) is 3.83. The van der Waals surface area contributed by atoms with Gasteiger partial charge in [-0.05, 0) is 43.2 Å². The molecule has 2 aromatic rings. The monoisotopic (exact) mass is 197 g/mol. The molecule has 0 fully saturated rings. The molecule has 1 radical (unpaired) electrons. The van der Waals surface area contributed by atoms with Crippen LogP contribution in [-0.2, 0) is 6.42 Å². The maximum atomic E-state index is 5.66. The Morgan fingerprint density at radius 2 is 1.40 bits per heavy atom. The zero-order chi connectivity index (χ0) is 10.5. The van der Waals surface area contributed by atoms with Crippen LogP contribution >= 0.6 is 0 Å². The molecule has 0 atom stereocenters. The lowest BCUT2D eigenvalue weighted by Crippen LogP contribution is -1.84. The lowest BCUT2D eigenvalue weighted by Gasteiger charge is -2.05. The zero-order valence-corrected chi connectivity index (χ0v) is 8.52. The average molecular weight is 197 g/mol. The standard InChI is InChI=1S/C14H13O/c1-2-12-8-10-14(11-9-12)15-13-6-4-3-5-7-13/h3-11H,1-2H2. The van der Waals surface area contributed by atoms with Gasteiger partial charge in [0.2, 0.25) is 0 Å². The van der Waals surface area contributed by atoms with Crippen LogP contribution in [0.15, 0.2) is 54.6 Å². The fourth-order valence-electron chi connectivity index (χ4n) is 1.35. The van der Waals surface area contributed by atoms with Gasteiger partial charge in [0.15, 0.2) is 0 Å². The number of hydrogen-bond donors (Lipinski definition) is 0. The Balaban J connectivity index is 2.11. The molecule has 0 aliphatic rings. The van der Waals surface area contributed by atoms with Crippen molar-refractivity contribution in [3.63, 3.8) is 0 Å². The van der Waals surface area contributed by atoms with Gasteiger partial charge in [-0.3, -0.25) is 0 Å². The summed E-state index contributed by atoms with van der Waals surface area (Å²) < 4.78 is 5.66. The Morgan fingerprint density at radius 1 is 0.800 bits per heavy atom. The van der Waals surface area contributed by atoms with Gasteiger partial charge < -0.3 is 4.74 Å².